The summed E-state index contributed by atoms with van der Waals surface area (Å²) in [6.45, 7) is 1.04. The highest BCUT2D eigenvalue weighted by Gasteiger charge is 2.26. The zero-order chi connectivity index (χ0) is 13.8. The van der Waals surface area contributed by atoms with Gasteiger partial charge in [0.25, 0.3) is 5.91 Å². The SMILES string of the molecule is COc1cccc(C(=O)N2CCCC(C#N)C2)c1O. The molecule has 1 heterocycles. The maximum absolute atomic E-state index is 12.4. The fraction of sp³-hybridized carbons (Fsp3) is 0.429. The molecule has 1 aromatic rings. The maximum Gasteiger partial charge on any atom is 0.257 e. The van der Waals surface area contributed by atoms with Gasteiger partial charge in [-0.2, -0.15) is 5.26 Å². The van der Waals surface area contributed by atoms with Crippen molar-refractivity contribution in [2.45, 2.75) is 12.8 Å². The van der Waals surface area contributed by atoms with E-state index in [-0.39, 0.29) is 28.9 Å². The number of benzene rings is 1. The summed E-state index contributed by atoms with van der Waals surface area (Å²) in [4.78, 5) is 14.0. The number of phenols is 1. The molecule has 0 saturated carbocycles. The van der Waals surface area contributed by atoms with Crippen LogP contribution in [0.15, 0.2) is 18.2 Å². The van der Waals surface area contributed by atoms with E-state index in [0.29, 0.717) is 13.1 Å². The van der Waals surface area contributed by atoms with Crippen molar-refractivity contribution in [3.05, 3.63) is 23.8 Å². The number of nitriles is 1. The number of rotatable bonds is 2. The van der Waals surface area contributed by atoms with Crippen LogP contribution < -0.4 is 4.74 Å². The normalized spacial score (nSPS) is 18.7. The van der Waals surface area contributed by atoms with Crippen molar-refractivity contribution >= 4 is 5.91 Å². The zero-order valence-electron chi connectivity index (χ0n) is 10.8. The second-order valence-corrected chi connectivity index (χ2v) is 4.58. The predicted molar refractivity (Wildman–Crippen MR) is 68.9 cm³/mol. The number of hydrogen-bond acceptors (Lipinski definition) is 4. The van der Waals surface area contributed by atoms with E-state index >= 15 is 0 Å². The van der Waals surface area contributed by atoms with Gasteiger partial charge in [0, 0.05) is 13.1 Å². The summed E-state index contributed by atoms with van der Waals surface area (Å²) in [7, 11) is 1.44. The topological polar surface area (TPSA) is 73.6 Å². The van der Waals surface area contributed by atoms with Crippen LogP contribution >= 0.6 is 0 Å². The Morgan fingerprint density at radius 1 is 1.58 bits per heavy atom. The zero-order valence-corrected chi connectivity index (χ0v) is 10.8. The number of para-hydroxylation sites is 1. The van der Waals surface area contributed by atoms with E-state index in [9.17, 15) is 9.90 Å². The van der Waals surface area contributed by atoms with E-state index in [1.165, 1.54) is 7.11 Å². The van der Waals surface area contributed by atoms with Crippen LogP contribution in [0.4, 0.5) is 0 Å². The summed E-state index contributed by atoms with van der Waals surface area (Å²) in [5.74, 6) is -0.240. The van der Waals surface area contributed by atoms with Gasteiger partial charge in [-0.25, -0.2) is 0 Å². The van der Waals surface area contributed by atoms with Crippen molar-refractivity contribution in [3.8, 4) is 17.6 Å². The molecular weight excluding hydrogens is 244 g/mol. The van der Waals surface area contributed by atoms with Gasteiger partial charge in [-0.05, 0) is 25.0 Å². The molecule has 1 amide bonds. The Morgan fingerprint density at radius 2 is 2.37 bits per heavy atom. The minimum absolute atomic E-state index is 0.120. The van der Waals surface area contributed by atoms with Crippen molar-refractivity contribution in [1.29, 1.82) is 5.26 Å². The van der Waals surface area contributed by atoms with E-state index in [2.05, 4.69) is 6.07 Å². The Bertz CT molecular complexity index is 522. The number of amides is 1. The van der Waals surface area contributed by atoms with Crippen LogP contribution in [0.3, 0.4) is 0 Å². The average Bonchev–Trinajstić information content (AvgIpc) is 2.47. The van der Waals surface area contributed by atoms with Gasteiger partial charge in [0.15, 0.2) is 11.5 Å². The number of phenolic OH excluding ortho intramolecular Hbond substituents is 1. The minimum atomic E-state index is -0.253. The summed E-state index contributed by atoms with van der Waals surface area (Å²) >= 11 is 0. The molecule has 1 fully saturated rings. The molecule has 5 heteroatoms. The summed E-state index contributed by atoms with van der Waals surface area (Å²) < 4.78 is 4.99. The monoisotopic (exact) mass is 260 g/mol. The number of carbonyl (C=O) groups excluding carboxylic acids is 1. The fourth-order valence-corrected chi connectivity index (χ4v) is 2.30. The lowest BCUT2D eigenvalue weighted by molar-refractivity contribution is 0.0695. The van der Waals surface area contributed by atoms with Gasteiger partial charge in [0.05, 0.1) is 24.7 Å². The molecule has 5 nitrogen and oxygen atoms in total. The number of methoxy groups -OCH3 is 1. The Balaban J connectivity index is 2.22. The van der Waals surface area contributed by atoms with Crippen LogP contribution in [0.5, 0.6) is 11.5 Å². The lowest BCUT2D eigenvalue weighted by atomic mass is 9.99. The first-order valence-electron chi connectivity index (χ1n) is 6.22. The van der Waals surface area contributed by atoms with Crippen LogP contribution in [0.2, 0.25) is 0 Å². The van der Waals surface area contributed by atoms with Crippen LogP contribution in [-0.2, 0) is 0 Å². The quantitative estimate of drug-likeness (QED) is 0.879. The van der Waals surface area contributed by atoms with Crippen molar-refractivity contribution in [1.82, 2.24) is 4.90 Å². The van der Waals surface area contributed by atoms with Crippen molar-refractivity contribution in [3.63, 3.8) is 0 Å². The van der Waals surface area contributed by atoms with Gasteiger partial charge in [0.2, 0.25) is 0 Å². The molecule has 0 bridgehead atoms. The lowest BCUT2D eigenvalue weighted by Crippen LogP contribution is -2.39. The first-order valence-corrected chi connectivity index (χ1v) is 6.22. The van der Waals surface area contributed by atoms with Gasteiger partial charge in [-0.15, -0.1) is 0 Å². The molecule has 1 unspecified atom stereocenters. The number of hydrogen-bond donors (Lipinski definition) is 1. The largest absolute Gasteiger partial charge is 0.504 e. The smallest absolute Gasteiger partial charge is 0.257 e. The summed E-state index contributed by atoms with van der Waals surface area (Å²) in [6, 6.07) is 7.02. The van der Waals surface area contributed by atoms with Crippen LogP contribution in [0.25, 0.3) is 0 Å². The lowest BCUT2D eigenvalue weighted by Gasteiger charge is -2.29. The molecule has 19 heavy (non-hydrogen) atoms. The fourth-order valence-electron chi connectivity index (χ4n) is 2.30. The van der Waals surface area contributed by atoms with Crippen molar-refractivity contribution in [2.75, 3.05) is 20.2 Å². The molecule has 1 saturated heterocycles. The van der Waals surface area contributed by atoms with Crippen molar-refractivity contribution < 1.29 is 14.6 Å². The number of aromatic hydroxyl groups is 1. The van der Waals surface area contributed by atoms with Crippen LogP contribution in [0.1, 0.15) is 23.2 Å². The Hall–Kier alpha value is -2.22. The molecular formula is C14H16N2O3. The third kappa shape index (κ3) is 2.63. The second kappa shape index (κ2) is 5.61. The second-order valence-electron chi connectivity index (χ2n) is 4.58. The maximum atomic E-state index is 12.4. The first-order chi connectivity index (χ1) is 9.17. The summed E-state index contributed by atoms with van der Waals surface area (Å²) in [6.07, 6.45) is 1.64. The number of likely N-dealkylation sites (tertiary alicyclic amines) is 1. The van der Waals surface area contributed by atoms with Crippen LogP contribution in [0, 0.1) is 17.2 Å². The minimum Gasteiger partial charge on any atom is -0.504 e. The molecule has 1 aliphatic heterocycles. The number of ether oxygens (including phenoxy) is 1. The molecule has 0 spiro atoms. The standard InChI is InChI=1S/C14H16N2O3/c1-19-12-6-2-5-11(13(12)17)14(18)16-7-3-4-10(8-15)9-16/h2,5-6,10,17H,3-4,7,9H2,1H3. The van der Waals surface area contributed by atoms with E-state index in [1.54, 1.807) is 23.1 Å². The molecule has 100 valence electrons. The summed E-state index contributed by atoms with van der Waals surface area (Å²) in [5.41, 5.74) is 0.220. The molecule has 1 N–H and O–H groups in total. The Morgan fingerprint density at radius 3 is 3.05 bits per heavy atom. The molecule has 1 atom stereocenters. The molecule has 1 aliphatic rings. The highest BCUT2D eigenvalue weighted by atomic mass is 16.5. The van der Waals surface area contributed by atoms with E-state index < -0.39 is 0 Å². The number of piperidine rings is 1. The molecule has 0 aromatic heterocycles. The summed E-state index contributed by atoms with van der Waals surface area (Å²) in [5, 5.41) is 18.9. The molecule has 0 aliphatic carbocycles. The Kier molecular flexibility index (Phi) is 3.91. The third-order valence-electron chi connectivity index (χ3n) is 3.34. The third-order valence-corrected chi connectivity index (χ3v) is 3.34. The van der Waals surface area contributed by atoms with Gasteiger partial charge in [-0.1, -0.05) is 6.07 Å². The predicted octanol–water partition coefficient (Wildman–Crippen LogP) is 1.78. The van der Waals surface area contributed by atoms with Crippen LogP contribution in [-0.4, -0.2) is 36.1 Å². The molecule has 2 rings (SSSR count). The Labute approximate surface area is 112 Å². The van der Waals surface area contributed by atoms with Gasteiger partial charge in [0.1, 0.15) is 0 Å². The van der Waals surface area contributed by atoms with E-state index in [4.69, 9.17) is 10.00 Å². The molecule has 1 aromatic carbocycles. The van der Waals surface area contributed by atoms with Crippen molar-refractivity contribution in [2.24, 2.45) is 5.92 Å². The highest BCUT2D eigenvalue weighted by Crippen LogP contribution is 2.31. The first kappa shape index (κ1) is 13.2. The average molecular weight is 260 g/mol. The van der Waals surface area contributed by atoms with Gasteiger partial charge in [-0.3, -0.25) is 4.79 Å². The number of carbonyl (C=O) groups is 1. The van der Waals surface area contributed by atoms with Gasteiger partial charge >= 0.3 is 0 Å². The van der Waals surface area contributed by atoms with Gasteiger partial charge < -0.3 is 14.7 Å². The molecule has 0 radical (unpaired) electrons. The highest BCUT2D eigenvalue weighted by molar-refractivity contribution is 5.97. The van der Waals surface area contributed by atoms with E-state index in [1.807, 2.05) is 0 Å². The number of nitrogens with zero attached hydrogens (tertiary/aromatic N) is 2. The van der Waals surface area contributed by atoms with E-state index in [0.717, 1.165) is 12.8 Å².